The average Bonchev–Trinajstić information content (AvgIpc) is 3.07. The third-order valence-corrected chi connectivity index (χ3v) is 13.9. The van der Waals surface area contributed by atoms with Gasteiger partial charge >= 0.3 is 197 Å². The molecular formula is C30H24F2Ge. The van der Waals surface area contributed by atoms with Crippen LogP contribution in [0.4, 0.5) is 8.78 Å². The normalized spacial score (nSPS) is 15.3. The fourth-order valence-electron chi connectivity index (χ4n) is 5.09. The van der Waals surface area contributed by atoms with Gasteiger partial charge in [0.2, 0.25) is 0 Å². The van der Waals surface area contributed by atoms with E-state index in [1.54, 1.807) is 24.3 Å². The van der Waals surface area contributed by atoms with Crippen molar-refractivity contribution in [2.75, 3.05) is 0 Å². The molecule has 0 saturated heterocycles. The summed E-state index contributed by atoms with van der Waals surface area (Å²) in [5.41, 5.74) is 6.30. The maximum absolute atomic E-state index is 14.4. The van der Waals surface area contributed by atoms with Crippen LogP contribution in [0.15, 0.2) is 109 Å². The van der Waals surface area contributed by atoms with Crippen molar-refractivity contribution in [3.05, 3.63) is 143 Å². The standard InChI is InChI=1S/C30H24F2Ge/c1-33(2)29(23-15-9-17-25(31)19-23)27(21-11-5-3-6-12-21)28(22-13-7-4-8-14-22)30(33)24-16-10-18-26(32)20-24/h3-20H,1-2H3. The van der Waals surface area contributed by atoms with Crippen LogP contribution in [0.1, 0.15) is 22.3 Å². The quantitative estimate of drug-likeness (QED) is 0.250. The van der Waals surface area contributed by atoms with Crippen molar-refractivity contribution in [3.8, 4) is 0 Å². The monoisotopic (exact) mass is 496 g/mol. The van der Waals surface area contributed by atoms with Gasteiger partial charge in [-0.3, -0.25) is 0 Å². The van der Waals surface area contributed by atoms with Crippen molar-refractivity contribution in [3.63, 3.8) is 0 Å². The van der Waals surface area contributed by atoms with E-state index in [2.05, 4.69) is 35.8 Å². The van der Waals surface area contributed by atoms with Gasteiger partial charge in [0.15, 0.2) is 0 Å². The van der Waals surface area contributed by atoms with E-state index in [0.717, 1.165) is 33.4 Å². The van der Waals surface area contributed by atoms with Crippen LogP contribution in [-0.2, 0) is 0 Å². The predicted molar refractivity (Wildman–Crippen MR) is 137 cm³/mol. The van der Waals surface area contributed by atoms with Crippen molar-refractivity contribution < 1.29 is 8.78 Å². The molecule has 5 rings (SSSR count). The first-order valence-electron chi connectivity index (χ1n) is 11.1. The Morgan fingerprint density at radius 3 is 1.18 bits per heavy atom. The van der Waals surface area contributed by atoms with E-state index in [0.29, 0.717) is 0 Å². The molecule has 0 aliphatic carbocycles. The zero-order valence-electron chi connectivity index (χ0n) is 18.6. The predicted octanol–water partition coefficient (Wildman–Crippen LogP) is 8.29. The number of benzene rings is 4. The fraction of sp³-hybridized carbons (Fsp3) is 0.0667. The molecule has 0 radical (unpaired) electrons. The van der Waals surface area contributed by atoms with Gasteiger partial charge in [0, 0.05) is 0 Å². The van der Waals surface area contributed by atoms with E-state index in [9.17, 15) is 8.78 Å². The van der Waals surface area contributed by atoms with E-state index in [-0.39, 0.29) is 11.6 Å². The van der Waals surface area contributed by atoms with E-state index < -0.39 is 13.3 Å². The molecule has 1 aliphatic rings. The first kappa shape index (κ1) is 21.6. The molecule has 33 heavy (non-hydrogen) atoms. The van der Waals surface area contributed by atoms with Crippen molar-refractivity contribution in [2.45, 2.75) is 11.5 Å². The van der Waals surface area contributed by atoms with Gasteiger partial charge in [0.05, 0.1) is 0 Å². The Morgan fingerprint density at radius 1 is 0.455 bits per heavy atom. The molecular weight excluding hydrogens is 471 g/mol. The Labute approximate surface area is 196 Å². The molecule has 0 atom stereocenters. The minimum atomic E-state index is -3.05. The Bertz CT molecular complexity index is 1280. The third-order valence-electron chi connectivity index (χ3n) is 6.35. The second-order valence-electron chi connectivity index (χ2n) is 8.88. The Hall–Kier alpha value is -3.24. The van der Waals surface area contributed by atoms with Gasteiger partial charge in [0.25, 0.3) is 0 Å². The number of rotatable bonds is 4. The van der Waals surface area contributed by atoms with Gasteiger partial charge in [-0.15, -0.1) is 0 Å². The van der Waals surface area contributed by atoms with Crippen molar-refractivity contribution in [2.24, 2.45) is 0 Å². The van der Waals surface area contributed by atoms with Crippen LogP contribution >= 0.6 is 0 Å². The number of halogens is 2. The second-order valence-corrected chi connectivity index (χ2v) is 17.8. The molecule has 0 spiro atoms. The minimum absolute atomic E-state index is 0.244. The van der Waals surface area contributed by atoms with Crippen LogP contribution < -0.4 is 0 Å². The molecule has 0 fully saturated rings. The summed E-state index contributed by atoms with van der Waals surface area (Å²) in [4.78, 5) is 0. The second kappa shape index (κ2) is 8.60. The van der Waals surface area contributed by atoms with Gasteiger partial charge in [-0.1, -0.05) is 0 Å². The molecule has 0 aromatic heterocycles. The summed E-state index contributed by atoms with van der Waals surface area (Å²) in [5, 5.41) is 0. The van der Waals surface area contributed by atoms with Gasteiger partial charge < -0.3 is 0 Å². The average molecular weight is 495 g/mol. The summed E-state index contributed by atoms with van der Waals surface area (Å²) in [6.45, 7) is 0. The van der Waals surface area contributed by atoms with Crippen molar-refractivity contribution in [1.29, 1.82) is 0 Å². The number of hydrogen-bond acceptors (Lipinski definition) is 0. The van der Waals surface area contributed by atoms with Gasteiger partial charge in [-0.25, -0.2) is 0 Å². The molecule has 3 heteroatoms. The summed E-state index contributed by atoms with van der Waals surface area (Å²) in [7, 11) is 0. The van der Waals surface area contributed by atoms with E-state index in [1.807, 2.05) is 48.5 Å². The first-order valence-corrected chi connectivity index (χ1v) is 17.4. The molecule has 0 N–H and O–H groups in total. The number of hydrogen-bond donors (Lipinski definition) is 0. The molecule has 0 saturated carbocycles. The fourth-order valence-corrected chi connectivity index (χ4v) is 13.0. The molecule has 0 amide bonds. The van der Waals surface area contributed by atoms with Crippen LogP contribution in [-0.4, -0.2) is 13.3 Å². The summed E-state index contributed by atoms with van der Waals surface area (Å²) in [6.07, 6.45) is 0. The summed E-state index contributed by atoms with van der Waals surface area (Å²) < 4.78 is 31.3. The van der Waals surface area contributed by atoms with Crippen LogP contribution in [0.2, 0.25) is 11.5 Å². The first-order chi connectivity index (χ1) is 16.0. The van der Waals surface area contributed by atoms with E-state index >= 15 is 0 Å². The van der Waals surface area contributed by atoms with Gasteiger partial charge in [0.1, 0.15) is 0 Å². The van der Waals surface area contributed by atoms with Crippen LogP contribution in [0.5, 0.6) is 0 Å². The third kappa shape index (κ3) is 3.89. The van der Waals surface area contributed by atoms with Crippen LogP contribution in [0.25, 0.3) is 20.0 Å². The zero-order chi connectivity index (χ0) is 23.0. The summed E-state index contributed by atoms with van der Waals surface area (Å²) in [5.74, 6) is 4.18. The van der Waals surface area contributed by atoms with Crippen LogP contribution in [0, 0.1) is 11.6 Å². The van der Waals surface area contributed by atoms with E-state index in [1.165, 1.54) is 20.9 Å². The Balaban J connectivity index is 1.93. The SMILES string of the molecule is [CH3][Ge]1([CH3])[C](c2cccc(F)c2)=C(c2ccccc2)C(c2ccccc2)=[C]1c1cccc(F)c1. The molecule has 1 heterocycles. The Kier molecular flexibility index (Phi) is 5.63. The summed E-state index contributed by atoms with van der Waals surface area (Å²) >= 11 is -3.05. The van der Waals surface area contributed by atoms with Crippen LogP contribution in [0.3, 0.4) is 0 Å². The molecule has 0 unspecified atom stereocenters. The molecule has 4 aromatic carbocycles. The van der Waals surface area contributed by atoms with E-state index in [4.69, 9.17) is 0 Å². The molecule has 4 aromatic rings. The zero-order valence-corrected chi connectivity index (χ0v) is 20.7. The van der Waals surface area contributed by atoms with Crippen molar-refractivity contribution >= 4 is 33.2 Å². The molecule has 162 valence electrons. The Morgan fingerprint density at radius 2 is 0.818 bits per heavy atom. The number of allylic oxidation sites excluding steroid dienone is 2. The topological polar surface area (TPSA) is 0 Å². The summed E-state index contributed by atoms with van der Waals surface area (Å²) in [6, 6.07) is 34.4. The molecule has 0 nitrogen and oxygen atoms in total. The molecule has 1 aliphatic heterocycles. The maximum atomic E-state index is 14.4. The molecule has 0 bridgehead atoms. The van der Waals surface area contributed by atoms with Gasteiger partial charge in [-0.2, -0.15) is 0 Å². The van der Waals surface area contributed by atoms with Gasteiger partial charge in [-0.05, 0) is 0 Å². The van der Waals surface area contributed by atoms with Crippen molar-refractivity contribution in [1.82, 2.24) is 0 Å².